The molecule has 0 aliphatic heterocycles. The zero-order chi connectivity index (χ0) is 101. The molecule has 0 rings (SSSR count). The quantitative estimate of drug-likeness (QED) is 0.0534. The monoisotopic (exact) mass is 2310 g/mol. The van der Waals surface area contributed by atoms with Gasteiger partial charge in [0.25, 0.3) is 0 Å². The Kier molecular flexibility index (Phi) is 47.9. The first-order chi connectivity index (χ1) is 53.2. The van der Waals surface area contributed by atoms with Gasteiger partial charge >= 0.3 is 248 Å². The maximum absolute atomic E-state index is 10.5. The van der Waals surface area contributed by atoms with Crippen molar-refractivity contribution in [3.8, 4) is 0 Å². The average molecular weight is 2320 g/mol. The molecule has 0 saturated heterocycles. The summed E-state index contributed by atoms with van der Waals surface area (Å²) in [5, 5.41) is 0. The summed E-state index contributed by atoms with van der Waals surface area (Å²) in [5.41, 5.74) is 0. The van der Waals surface area contributed by atoms with Gasteiger partial charge in [-0.2, -0.15) is 0 Å². The van der Waals surface area contributed by atoms with Crippen molar-refractivity contribution < 1.29 is 129 Å². The van der Waals surface area contributed by atoms with Gasteiger partial charge in [0.05, 0.1) is 0 Å². The van der Waals surface area contributed by atoms with Crippen molar-refractivity contribution in [1.29, 1.82) is 0 Å². The van der Waals surface area contributed by atoms with E-state index in [1.54, 1.807) is 13.1 Å². The molecule has 0 heterocycles. The molecule has 0 aliphatic carbocycles. The molecule has 31 nitrogen and oxygen atoms in total. The molecule has 0 aromatic carbocycles. The van der Waals surface area contributed by atoms with Gasteiger partial charge in [-0.05, 0) is 412 Å². The maximum Gasteiger partial charge on any atom is 0.320 e. The lowest BCUT2D eigenvalue weighted by Crippen LogP contribution is -2.63. The van der Waals surface area contributed by atoms with E-state index in [2.05, 4.69) is 196 Å². The predicted octanol–water partition coefficient (Wildman–Crippen LogP) is 21.6. The first kappa shape index (κ1) is 133. The second-order valence-electron chi connectivity index (χ2n) is 46.8. The van der Waals surface area contributed by atoms with E-state index in [-0.39, 0.29) is 0 Å². The lowest BCUT2D eigenvalue weighted by atomic mass is 11.8. The summed E-state index contributed by atoms with van der Waals surface area (Å²) in [6.45, 7) is 128. The topological polar surface area (TPSA) is 308 Å². The lowest BCUT2D eigenvalue weighted by Gasteiger charge is -2.45. The zero-order valence-corrected chi connectivity index (χ0v) is 122. The van der Waals surface area contributed by atoms with Gasteiger partial charge in [-0.1, -0.05) is 0 Å². The molecule has 0 saturated carbocycles. The van der Waals surface area contributed by atoms with E-state index in [0.29, 0.717) is 0 Å². The van der Waals surface area contributed by atoms with Crippen LogP contribution >= 0.6 is 0 Å². The Hall–Kier alpha value is 5.48. The van der Waals surface area contributed by atoms with Crippen LogP contribution in [-0.2, 0) is 119 Å². The molecule has 0 unspecified atom stereocenters. The van der Waals surface area contributed by atoms with Crippen LogP contribution in [-0.4, -0.2) is 275 Å². The third-order valence-electron chi connectivity index (χ3n) is 14.3. The van der Waals surface area contributed by atoms with Crippen LogP contribution in [0.3, 0.4) is 0 Å². The second-order valence-corrected chi connectivity index (χ2v) is 158. The molecular weight excluding hydrogens is 2120 g/mol. The zero-order valence-electron chi connectivity index (χ0n) is 91.3. The fraction of sp³-hybridized carbons (Fsp3) is 1.00. The van der Waals surface area contributed by atoms with Crippen molar-refractivity contribution in [2.24, 2.45) is 0 Å². The van der Waals surface area contributed by atoms with Gasteiger partial charge in [0.1, 0.15) is 0 Å². The van der Waals surface area contributed by atoms with E-state index in [1.807, 2.05) is 203 Å². The van der Waals surface area contributed by atoms with Crippen molar-refractivity contribution >= 4 is 266 Å². The summed E-state index contributed by atoms with van der Waals surface area (Å²) < 4.78 is 199. The minimum Gasteiger partial charge on any atom is -0.440 e. The number of hydrogen-bond acceptors (Lipinski definition) is 31. The highest BCUT2D eigenvalue weighted by atomic mass is 28.6. The molecule has 62 heteroatoms. The normalized spacial score (nSPS) is 16.1. The number of rotatable bonds is 58. The van der Waals surface area contributed by atoms with Gasteiger partial charge in [-0.3, -0.25) is 0 Å². The molecule has 2 N–H and O–H groups in total. The van der Waals surface area contributed by atoms with Crippen molar-refractivity contribution in [3.63, 3.8) is 0 Å². The van der Waals surface area contributed by atoms with Crippen LogP contribution in [0.4, 0.5) is 0 Å². The first-order valence-electron chi connectivity index (χ1n) is 44.0. The minimum atomic E-state index is -2.94. The van der Waals surface area contributed by atoms with Crippen LogP contribution in [0.15, 0.2) is 0 Å². The summed E-state index contributed by atoms with van der Waals surface area (Å²) in [6, 6.07) is 0. The second kappa shape index (κ2) is 45.2. The third-order valence-corrected chi connectivity index (χ3v) is 129. The Balaban J connectivity index is 0. The van der Waals surface area contributed by atoms with E-state index in [1.165, 1.54) is 0 Å². The molecule has 754 valence electrons. The number of hydrogen-bond donors (Lipinski definition) is 2. The fourth-order valence-corrected chi connectivity index (χ4v) is 170. The van der Waals surface area contributed by atoms with Crippen LogP contribution in [0.5, 0.6) is 0 Å². The molecule has 0 aliphatic rings. The van der Waals surface area contributed by atoms with E-state index >= 15 is 0 Å². The van der Waals surface area contributed by atoms with Crippen LogP contribution in [0.25, 0.3) is 0 Å². The summed E-state index contributed by atoms with van der Waals surface area (Å²) >= 11 is 0. The first-order valence-corrected chi connectivity index (χ1v) is 132. The third kappa shape index (κ3) is 66.1. The van der Waals surface area contributed by atoms with E-state index in [9.17, 15) is 4.80 Å². The highest BCUT2D eigenvalue weighted by Crippen LogP contribution is 2.38. The molecule has 0 bridgehead atoms. The molecular formula is C63H192O31Si31. The fourth-order valence-electron chi connectivity index (χ4n) is 17.7. The van der Waals surface area contributed by atoms with Crippen LogP contribution in [0.2, 0.25) is 412 Å². The van der Waals surface area contributed by atoms with E-state index in [0.717, 1.165) is 0 Å². The Labute approximate surface area is 799 Å². The van der Waals surface area contributed by atoms with Crippen LogP contribution < -0.4 is 0 Å². The molecule has 0 spiro atoms. The standard InChI is InChI=1S/C60H182O30Si30.C3H10OSi/c1-91(2)62-93(5,6)64-95(9,10)66-97(13,14)68-99(17,18)70-101(21,22)72-103(25,26)74-105(29,30)76-107(33,34)78-109(37,38)80-111(41,42)82-113(45,46)84-115(49,50)86-117(53,54)88-119(57,58)90-120(59,60)89-118(55,56)87-116(51,52)85-114(47,48)83-112(43,44)81-110(39,40)79-108(35,36)77-106(31,32)75-104(27,28)73-102(23,24)71-100(19,20)69-98(15,16)67-96(11,12)65-94(7,8)63-92(3,4)61;1-5(2,3)4/h61,91H,1-60H3;4H,1-3H3. The van der Waals surface area contributed by atoms with Gasteiger partial charge in [0.15, 0.2) is 17.4 Å². The minimum absolute atomic E-state index is 1.29. The van der Waals surface area contributed by atoms with Crippen molar-refractivity contribution in [2.45, 2.75) is 412 Å². The van der Waals surface area contributed by atoms with Gasteiger partial charge in [-0.25, -0.2) is 0 Å². The lowest BCUT2D eigenvalue weighted by molar-refractivity contribution is 0.242. The SMILES string of the molecule is C[SiH](C)O[Si](C)(C)O[Si](C)(C)O[Si](C)(C)O[Si](C)(C)O[Si](C)(C)O[Si](C)(C)O[Si](C)(C)O[Si](C)(C)O[Si](C)(C)O[Si](C)(C)O[Si](C)(C)O[Si](C)(C)O[Si](C)(C)O[Si](C)(C)O[Si](C)(C)O[Si](C)(C)O[Si](C)(C)O[Si](C)(C)O[Si](C)(C)O[Si](C)(C)O[Si](C)(C)O[Si](C)(C)O[Si](C)(C)O[Si](C)(C)O[Si](C)(C)O[Si](C)(C)O[Si](C)(C)O[Si](C)(C)O[Si](C)(C)O.C[Si](C)(C)O. The summed E-state index contributed by atoms with van der Waals surface area (Å²) in [4.78, 5) is 19.2. The molecule has 125 heavy (non-hydrogen) atoms. The van der Waals surface area contributed by atoms with Crippen LogP contribution in [0, 0.1) is 0 Å². The maximum atomic E-state index is 10.5. The van der Waals surface area contributed by atoms with Crippen molar-refractivity contribution in [2.75, 3.05) is 0 Å². The molecule has 0 radical (unpaired) electrons. The highest BCUT2D eigenvalue weighted by Gasteiger charge is 2.58. The van der Waals surface area contributed by atoms with E-state index < -0.39 is 266 Å². The van der Waals surface area contributed by atoms with Crippen molar-refractivity contribution in [3.05, 3.63) is 0 Å². The molecule has 0 atom stereocenters. The Morgan fingerprint density at radius 2 is 0.168 bits per heavy atom. The van der Waals surface area contributed by atoms with E-state index in [4.69, 9.17) is 124 Å². The predicted molar refractivity (Wildman–Crippen MR) is 585 cm³/mol. The molecule has 0 aromatic heterocycles. The van der Waals surface area contributed by atoms with Gasteiger partial charge in [0, 0.05) is 0 Å². The smallest absolute Gasteiger partial charge is 0.320 e. The van der Waals surface area contributed by atoms with Gasteiger partial charge < -0.3 is 129 Å². The largest absolute Gasteiger partial charge is 0.440 e. The van der Waals surface area contributed by atoms with Crippen molar-refractivity contribution in [1.82, 2.24) is 0 Å². The Morgan fingerprint density at radius 3 is 0.224 bits per heavy atom. The van der Waals surface area contributed by atoms with Gasteiger partial charge in [0.2, 0.25) is 0 Å². The van der Waals surface area contributed by atoms with Gasteiger partial charge in [-0.15, -0.1) is 0 Å². The Morgan fingerprint density at radius 1 is 0.112 bits per heavy atom. The summed E-state index contributed by atoms with van der Waals surface area (Å²) in [5.74, 6) is 0. The van der Waals surface area contributed by atoms with Crippen LogP contribution in [0.1, 0.15) is 0 Å². The average Bonchev–Trinajstić information content (AvgIpc) is 0.804. The molecule has 0 amide bonds. The molecule has 0 fully saturated rings. The molecule has 0 aromatic rings. The Bertz CT molecular complexity index is 3220. The summed E-state index contributed by atoms with van der Waals surface area (Å²) in [6.07, 6.45) is 0. The summed E-state index contributed by atoms with van der Waals surface area (Å²) in [7, 11) is -85.4. The highest BCUT2D eigenvalue weighted by molar-refractivity contribution is 6.99.